The first-order valence-electron chi connectivity index (χ1n) is 11.1. The first-order chi connectivity index (χ1) is 17.9. The van der Waals surface area contributed by atoms with Crippen molar-refractivity contribution in [2.24, 2.45) is 0 Å². The molecule has 4 amide bonds. The number of rotatable bonds is 5. The number of piperidine rings is 1. The summed E-state index contributed by atoms with van der Waals surface area (Å²) in [7, 11) is 41.5. The van der Waals surface area contributed by atoms with E-state index in [9.17, 15) is 28.0 Å². The normalized spacial score (nSPS) is 22.6. The summed E-state index contributed by atoms with van der Waals surface area (Å²) in [6.45, 7) is -0.404. The van der Waals surface area contributed by atoms with Crippen molar-refractivity contribution in [2.75, 3.05) is 0 Å². The van der Waals surface area contributed by atoms with Crippen LogP contribution >= 0.6 is 11.6 Å². The number of alkyl halides is 2. The van der Waals surface area contributed by atoms with E-state index in [2.05, 4.69) is 0 Å². The van der Waals surface area contributed by atoms with E-state index in [1.54, 1.807) is 0 Å². The highest BCUT2D eigenvalue weighted by molar-refractivity contribution is 6.66. The molecule has 39 heavy (non-hydrogen) atoms. The number of hydrogen-bond acceptors (Lipinski definition) is 4. The molecule has 2 atom stereocenters. The van der Waals surface area contributed by atoms with Gasteiger partial charge in [0, 0.05) is 28.6 Å². The lowest BCUT2D eigenvalue weighted by Gasteiger charge is -2.60. The Balaban J connectivity index is 1.62. The van der Waals surface area contributed by atoms with Crippen LogP contribution < -0.4 is 5.32 Å². The first-order valence-corrected chi connectivity index (χ1v) is 11.5. The maximum atomic E-state index is 14.8. The van der Waals surface area contributed by atoms with Gasteiger partial charge in [-0.25, -0.2) is 0 Å². The summed E-state index contributed by atoms with van der Waals surface area (Å²) in [6.07, 6.45) is 0. The van der Waals surface area contributed by atoms with E-state index in [4.69, 9.17) is 66.7 Å². The SMILES string of the molecule is [B]C(c1ccc2c(c1)CN(C1([B])C(=O)NC(=O)C([B])([B])C1([B])[B])C2=O)N([B])C(=O)C(F)(F)c1ccc(Cl)cc1. The molecule has 7 nitrogen and oxygen atoms in total. The molecular formula is C22H11B7ClF2N3O4. The van der Waals surface area contributed by atoms with E-state index in [-0.39, 0.29) is 26.5 Å². The molecule has 180 valence electrons. The van der Waals surface area contributed by atoms with Crippen LogP contribution in [0.5, 0.6) is 0 Å². The number of carbonyl (C=O) groups is 4. The van der Waals surface area contributed by atoms with Crippen molar-refractivity contribution in [3.63, 3.8) is 0 Å². The number of hydrogen-bond donors (Lipinski definition) is 1. The van der Waals surface area contributed by atoms with Gasteiger partial charge in [0.15, 0.2) is 0 Å². The summed E-state index contributed by atoms with van der Waals surface area (Å²) < 4.78 is 29.7. The standard InChI is InChI=1S/C22H11B7ClF2N3O4/c23-14(35(29)18(39)19(31,32)11-2-4-12(30)5-3-11)9-1-6-13-10(7-9)8-34(15(13)36)21(26)17(38)33-16(37)20(24,25)22(21,27)28/h1-7,14H,8H2,(H,33,37,38). The highest BCUT2D eigenvalue weighted by atomic mass is 35.5. The summed E-state index contributed by atoms with van der Waals surface area (Å²) in [5.74, 6) is -10.7. The Morgan fingerprint density at radius 1 is 1.03 bits per heavy atom. The third kappa shape index (κ3) is 4.17. The van der Waals surface area contributed by atoms with Crippen molar-refractivity contribution in [1.29, 1.82) is 0 Å². The Morgan fingerprint density at radius 2 is 1.62 bits per heavy atom. The first kappa shape index (κ1) is 29.1. The van der Waals surface area contributed by atoms with Crippen LogP contribution in [-0.4, -0.2) is 93.8 Å². The third-order valence-corrected chi connectivity index (χ3v) is 7.23. The van der Waals surface area contributed by atoms with Gasteiger partial charge in [0.1, 0.15) is 15.7 Å². The lowest BCUT2D eigenvalue weighted by molar-refractivity contribution is -0.154. The van der Waals surface area contributed by atoms with Crippen molar-refractivity contribution in [2.45, 2.75) is 34.3 Å². The molecule has 14 radical (unpaired) electrons. The summed E-state index contributed by atoms with van der Waals surface area (Å²) >= 11 is 5.72. The van der Waals surface area contributed by atoms with Crippen LogP contribution in [0.3, 0.4) is 0 Å². The molecule has 2 aromatic carbocycles. The van der Waals surface area contributed by atoms with Crippen molar-refractivity contribution in [3.05, 3.63) is 69.7 Å². The summed E-state index contributed by atoms with van der Waals surface area (Å²) in [5, 5.41) is -3.15. The number of carbonyl (C=O) groups excluding carboxylic acids is 4. The molecule has 0 aromatic heterocycles. The zero-order valence-electron chi connectivity index (χ0n) is 20.0. The smallest absolute Gasteiger partial charge is 0.348 e. The van der Waals surface area contributed by atoms with Crippen molar-refractivity contribution >= 4 is 90.3 Å². The van der Waals surface area contributed by atoms with Crippen LogP contribution in [0.1, 0.15) is 33.0 Å². The van der Waals surface area contributed by atoms with Crippen LogP contribution in [0.2, 0.25) is 15.5 Å². The molecular weight excluding hydrogens is 519 g/mol. The van der Waals surface area contributed by atoms with Gasteiger partial charge in [0.25, 0.3) is 11.8 Å². The van der Waals surface area contributed by atoms with Gasteiger partial charge in [-0.3, -0.25) is 24.5 Å². The van der Waals surface area contributed by atoms with Crippen LogP contribution in [0, 0.1) is 0 Å². The Kier molecular flexibility index (Phi) is 6.98. The monoisotopic (exact) mass is 531 g/mol. The topological polar surface area (TPSA) is 86.8 Å². The molecule has 2 aliphatic heterocycles. The van der Waals surface area contributed by atoms with Gasteiger partial charge in [0.2, 0.25) is 19.8 Å². The highest BCUT2D eigenvalue weighted by Gasteiger charge is 2.63. The molecule has 0 aliphatic carbocycles. The second kappa shape index (κ2) is 9.35. The van der Waals surface area contributed by atoms with Gasteiger partial charge < -0.3 is 9.71 Å². The zero-order chi connectivity index (χ0) is 29.3. The second-order valence-electron chi connectivity index (χ2n) is 9.33. The van der Waals surface area contributed by atoms with Gasteiger partial charge >= 0.3 is 5.92 Å². The minimum atomic E-state index is -4.04. The predicted octanol–water partition coefficient (Wildman–Crippen LogP) is -0.405. The Hall–Kier alpha value is -2.88. The lowest BCUT2D eigenvalue weighted by Crippen LogP contribution is -2.75. The molecule has 0 bridgehead atoms. The van der Waals surface area contributed by atoms with Crippen molar-refractivity contribution < 1.29 is 28.0 Å². The van der Waals surface area contributed by atoms with Gasteiger partial charge in [-0.1, -0.05) is 41.1 Å². The van der Waals surface area contributed by atoms with Crippen molar-refractivity contribution in [3.8, 4) is 0 Å². The number of fused-ring (bicyclic) bond motifs is 1. The van der Waals surface area contributed by atoms with E-state index in [0.29, 0.717) is 0 Å². The number of benzene rings is 2. The fourth-order valence-corrected chi connectivity index (χ4v) is 4.51. The minimum absolute atomic E-state index is 0.0114. The van der Waals surface area contributed by atoms with Crippen LogP contribution in [0.15, 0.2) is 42.5 Å². The largest absolute Gasteiger partial charge is 0.393 e. The molecule has 2 unspecified atom stereocenters. The maximum Gasteiger partial charge on any atom is 0.348 e. The van der Waals surface area contributed by atoms with Crippen molar-refractivity contribution in [1.82, 2.24) is 15.0 Å². The maximum absolute atomic E-state index is 14.8. The lowest BCUT2D eigenvalue weighted by atomic mass is 9.21. The molecule has 2 aliphatic rings. The molecule has 0 saturated carbocycles. The third-order valence-electron chi connectivity index (χ3n) is 6.97. The number of amides is 4. The molecule has 2 heterocycles. The molecule has 17 heteroatoms. The van der Waals surface area contributed by atoms with Crippen LogP contribution in [-0.2, 0) is 26.9 Å². The molecule has 2 aromatic rings. The molecule has 1 fully saturated rings. The number of imide groups is 1. The Morgan fingerprint density at radius 3 is 2.21 bits per heavy atom. The molecule has 1 saturated heterocycles. The fraction of sp³-hybridized carbons (Fsp3) is 0.273. The van der Waals surface area contributed by atoms with Crippen LogP contribution in [0.25, 0.3) is 0 Å². The molecule has 0 spiro atoms. The second-order valence-corrected chi connectivity index (χ2v) is 9.77. The average Bonchev–Trinajstić information content (AvgIpc) is 3.21. The van der Waals surface area contributed by atoms with Gasteiger partial charge in [-0.05, 0) is 34.5 Å². The molecule has 1 N–H and O–H groups in total. The zero-order valence-corrected chi connectivity index (χ0v) is 20.8. The van der Waals surface area contributed by atoms with E-state index in [0.717, 1.165) is 17.0 Å². The highest BCUT2D eigenvalue weighted by Crippen LogP contribution is 2.55. The fourth-order valence-electron chi connectivity index (χ4n) is 4.38. The minimum Gasteiger partial charge on any atom is -0.393 e. The number of nitrogens with one attached hydrogen (secondary N) is 1. The van der Waals surface area contributed by atoms with Crippen LogP contribution in [0.4, 0.5) is 8.78 Å². The van der Waals surface area contributed by atoms with E-state index in [1.807, 2.05) is 5.32 Å². The predicted molar refractivity (Wildman–Crippen MR) is 143 cm³/mol. The van der Waals surface area contributed by atoms with Gasteiger partial charge in [0.05, 0.1) is 36.8 Å². The molecule has 4 rings (SSSR count). The Labute approximate surface area is 237 Å². The van der Waals surface area contributed by atoms with E-state index < -0.39 is 63.5 Å². The van der Waals surface area contributed by atoms with E-state index in [1.165, 1.54) is 30.3 Å². The quantitative estimate of drug-likeness (QED) is 0.421. The van der Waals surface area contributed by atoms with Gasteiger partial charge in [-0.15, -0.1) is 0 Å². The number of halogens is 3. The Bertz CT molecular complexity index is 1410. The average molecular weight is 530 g/mol. The van der Waals surface area contributed by atoms with E-state index >= 15 is 0 Å². The summed E-state index contributed by atoms with van der Waals surface area (Å²) in [4.78, 5) is 51.7. The van der Waals surface area contributed by atoms with Gasteiger partial charge in [-0.2, -0.15) is 8.78 Å². The summed E-state index contributed by atoms with van der Waals surface area (Å²) in [5.41, 5.74) is -2.99. The number of nitrogens with zero attached hydrogens (tertiary/aromatic N) is 2. The summed E-state index contributed by atoms with van der Waals surface area (Å²) in [6, 6.07) is 8.13.